The van der Waals surface area contributed by atoms with Gasteiger partial charge < -0.3 is 10.1 Å². The van der Waals surface area contributed by atoms with E-state index in [-0.39, 0.29) is 0 Å². The smallest absolute Gasteiger partial charge is 0.0587 e. The SMILES string of the molecule is CCC(CC)(CNCCOC)Cc1cccc(C)c1. The predicted octanol–water partition coefficient (Wildman–Crippen LogP) is 3.58. The van der Waals surface area contributed by atoms with Crippen LogP contribution in [-0.4, -0.2) is 26.8 Å². The lowest BCUT2D eigenvalue weighted by Gasteiger charge is -2.32. The molecule has 2 nitrogen and oxygen atoms in total. The van der Waals surface area contributed by atoms with E-state index in [1.54, 1.807) is 7.11 Å². The van der Waals surface area contributed by atoms with Crippen LogP contribution in [0, 0.1) is 12.3 Å². The van der Waals surface area contributed by atoms with Crippen molar-refractivity contribution in [1.82, 2.24) is 5.32 Å². The van der Waals surface area contributed by atoms with E-state index in [4.69, 9.17) is 4.74 Å². The molecular formula is C17H29NO. The van der Waals surface area contributed by atoms with Crippen molar-refractivity contribution in [1.29, 1.82) is 0 Å². The summed E-state index contributed by atoms with van der Waals surface area (Å²) in [6, 6.07) is 8.90. The minimum atomic E-state index is 0.363. The van der Waals surface area contributed by atoms with Gasteiger partial charge in [0.05, 0.1) is 6.61 Å². The van der Waals surface area contributed by atoms with Gasteiger partial charge in [-0.2, -0.15) is 0 Å². The summed E-state index contributed by atoms with van der Waals surface area (Å²) in [5, 5.41) is 3.54. The first kappa shape index (κ1) is 16.2. The molecule has 0 unspecified atom stereocenters. The molecular weight excluding hydrogens is 234 g/mol. The van der Waals surface area contributed by atoms with Crippen molar-refractivity contribution in [3.05, 3.63) is 35.4 Å². The molecule has 0 aliphatic rings. The first-order valence-electron chi connectivity index (χ1n) is 7.41. The van der Waals surface area contributed by atoms with Gasteiger partial charge in [-0.25, -0.2) is 0 Å². The van der Waals surface area contributed by atoms with Crippen LogP contribution in [0.1, 0.15) is 37.8 Å². The molecule has 0 aliphatic heterocycles. The van der Waals surface area contributed by atoms with Crippen molar-refractivity contribution in [2.45, 2.75) is 40.0 Å². The van der Waals surface area contributed by atoms with Crippen LogP contribution >= 0.6 is 0 Å². The summed E-state index contributed by atoms with van der Waals surface area (Å²) in [6.45, 7) is 9.56. The third-order valence-corrected chi connectivity index (χ3v) is 4.14. The van der Waals surface area contributed by atoms with Gasteiger partial charge in [-0.1, -0.05) is 43.7 Å². The lowest BCUT2D eigenvalue weighted by Crippen LogP contribution is -2.36. The van der Waals surface area contributed by atoms with Gasteiger partial charge in [-0.3, -0.25) is 0 Å². The van der Waals surface area contributed by atoms with E-state index in [1.165, 1.54) is 24.0 Å². The van der Waals surface area contributed by atoms with Crippen LogP contribution in [0.4, 0.5) is 0 Å². The quantitative estimate of drug-likeness (QED) is 0.688. The predicted molar refractivity (Wildman–Crippen MR) is 82.6 cm³/mol. The maximum Gasteiger partial charge on any atom is 0.0587 e. The highest BCUT2D eigenvalue weighted by molar-refractivity contribution is 5.23. The highest BCUT2D eigenvalue weighted by Gasteiger charge is 2.25. The molecule has 0 atom stereocenters. The lowest BCUT2D eigenvalue weighted by atomic mass is 9.76. The molecule has 108 valence electrons. The molecule has 0 aliphatic carbocycles. The fourth-order valence-electron chi connectivity index (χ4n) is 2.60. The fraction of sp³-hybridized carbons (Fsp3) is 0.647. The average molecular weight is 263 g/mol. The van der Waals surface area contributed by atoms with Crippen molar-refractivity contribution in [2.24, 2.45) is 5.41 Å². The molecule has 0 saturated carbocycles. The highest BCUT2D eigenvalue weighted by atomic mass is 16.5. The Balaban J connectivity index is 2.64. The van der Waals surface area contributed by atoms with Crippen LogP contribution in [0.15, 0.2) is 24.3 Å². The van der Waals surface area contributed by atoms with Crippen molar-refractivity contribution >= 4 is 0 Å². The van der Waals surface area contributed by atoms with Crippen LogP contribution in [-0.2, 0) is 11.2 Å². The molecule has 1 aromatic carbocycles. The van der Waals surface area contributed by atoms with Gasteiger partial charge in [0.25, 0.3) is 0 Å². The Bertz CT molecular complexity index is 358. The average Bonchev–Trinajstić information content (AvgIpc) is 2.42. The van der Waals surface area contributed by atoms with Gasteiger partial charge in [-0.15, -0.1) is 0 Å². The van der Waals surface area contributed by atoms with E-state index in [0.29, 0.717) is 5.41 Å². The summed E-state index contributed by atoms with van der Waals surface area (Å²) in [5.74, 6) is 0. The maximum absolute atomic E-state index is 5.10. The number of rotatable bonds is 9. The Hall–Kier alpha value is -0.860. The van der Waals surface area contributed by atoms with Crippen molar-refractivity contribution < 1.29 is 4.74 Å². The molecule has 19 heavy (non-hydrogen) atoms. The fourth-order valence-corrected chi connectivity index (χ4v) is 2.60. The first-order chi connectivity index (χ1) is 9.15. The zero-order valence-electron chi connectivity index (χ0n) is 13.0. The molecule has 1 rings (SSSR count). The van der Waals surface area contributed by atoms with Crippen molar-refractivity contribution in [3.63, 3.8) is 0 Å². The van der Waals surface area contributed by atoms with Crippen LogP contribution < -0.4 is 5.32 Å². The summed E-state index contributed by atoms with van der Waals surface area (Å²) in [7, 11) is 1.75. The van der Waals surface area contributed by atoms with Gasteiger partial charge in [0.15, 0.2) is 0 Å². The number of methoxy groups -OCH3 is 1. The molecule has 2 heteroatoms. The number of hydrogen-bond acceptors (Lipinski definition) is 2. The Morgan fingerprint density at radius 2 is 1.95 bits per heavy atom. The summed E-state index contributed by atoms with van der Waals surface area (Å²) in [6.07, 6.45) is 3.57. The van der Waals surface area contributed by atoms with Crippen molar-refractivity contribution in [2.75, 3.05) is 26.8 Å². The second-order valence-corrected chi connectivity index (χ2v) is 5.54. The normalized spacial score (nSPS) is 11.8. The van der Waals surface area contributed by atoms with E-state index < -0.39 is 0 Å². The zero-order chi connectivity index (χ0) is 14.1. The highest BCUT2D eigenvalue weighted by Crippen LogP contribution is 2.30. The number of nitrogens with one attached hydrogen (secondary N) is 1. The van der Waals surface area contributed by atoms with Gasteiger partial charge >= 0.3 is 0 Å². The van der Waals surface area contributed by atoms with Crippen LogP contribution in [0.2, 0.25) is 0 Å². The molecule has 0 fully saturated rings. The van der Waals surface area contributed by atoms with Crippen LogP contribution in [0.25, 0.3) is 0 Å². The second-order valence-electron chi connectivity index (χ2n) is 5.54. The van der Waals surface area contributed by atoms with E-state index in [9.17, 15) is 0 Å². The maximum atomic E-state index is 5.10. The number of benzene rings is 1. The molecule has 0 spiro atoms. The molecule has 0 radical (unpaired) electrons. The van der Waals surface area contributed by atoms with Gasteiger partial charge in [0.2, 0.25) is 0 Å². The molecule has 1 aromatic rings. The number of aryl methyl sites for hydroxylation is 1. The lowest BCUT2D eigenvalue weighted by molar-refractivity contribution is 0.185. The molecule has 0 heterocycles. The first-order valence-corrected chi connectivity index (χ1v) is 7.41. The Kier molecular flexibility index (Phi) is 7.11. The Morgan fingerprint density at radius 3 is 2.53 bits per heavy atom. The van der Waals surface area contributed by atoms with E-state index in [2.05, 4.69) is 50.4 Å². The van der Waals surface area contributed by atoms with E-state index in [1.807, 2.05) is 0 Å². The van der Waals surface area contributed by atoms with E-state index >= 15 is 0 Å². The number of hydrogen-bond donors (Lipinski definition) is 1. The third kappa shape index (κ3) is 5.33. The molecule has 0 amide bonds. The molecule has 0 bridgehead atoms. The van der Waals surface area contributed by atoms with Crippen LogP contribution in [0.5, 0.6) is 0 Å². The minimum Gasteiger partial charge on any atom is -0.383 e. The largest absolute Gasteiger partial charge is 0.383 e. The van der Waals surface area contributed by atoms with Crippen molar-refractivity contribution in [3.8, 4) is 0 Å². The van der Waals surface area contributed by atoms with Gasteiger partial charge in [0.1, 0.15) is 0 Å². The second kappa shape index (κ2) is 8.34. The number of ether oxygens (including phenoxy) is 1. The minimum absolute atomic E-state index is 0.363. The topological polar surface area (TPSA) is 21.3 Å². The third-order valence-electron chi connectivity index (χ3n) is 4.14. The van der Waals surface area contributed by atoms with Gasteiger partial charge in [-0.05, 0) is 37.2 Å². The van der Waals surface area contributed by atoms with Gasteiger partial charge in [0, 0.05) is 20.2 Å². The summed E-state index contributed by atoms with van der Waals surface area (Å²) < 4.78 is 5.10. The summed E-state index contributed by atoms with van der Waals surface area (Å²) >= 11 is 0. The molecule has 0 aromatic heterocycles. The van der Waals surface area contributed by atoms with Crippen LogP contribution in [0.3, 0.4) is 0 Å². The van der Waals surface area contributed by atoms with E-state index in [0.717, 1.165) is 26.1 Å². The molecule has 1 N–H and O–H groups in total. The monoisotopic (exact) mass is 263 g/mol. The Labute approximate surface area is 118 Å². The summed E-state index contributed by atoms with van der Waals surface area (Å²) in [5.41, 5.74) is 3.17. The Morgan fingerprint density at radius 1 is 1.21 bits per heavy atom. The molecule has 0 saturated heterocycles. The summed E-state index contributed by atoms with van der Waals surface area (Å²) in [4.78, 5) is 0. The zero-order valence-corrected chi connectivity index (χ0v) is 13.0. The standard InChI is InChI=1S/C17H29NO/c1-5-17(6-2,14-18-10-11-19-4)13-16-9-7-8-15(3)12-16/h7-9,12,18H,5-6,10-11,13-14H2,1-4H3.